The van der Waals surface area contributed by atoms with Gasteiger partial charge in [-0.25, -0.2) is 0 Å². The Morgan fingerprint density at radius 2 is 2.31 bits per heavy atom. The Morgan fingerprint density at radius 3 is 2.81 bits per heavy atom. The molecule has 0 aliphatic carbocycles. The van der Waals surface area contributed by atoms with E-state index in [1.54, 1.807) is 11.9 Å². The molecule has 90 valence electrons. The van der Waals surface area contributed by atoms with Gasteiger partial charge in [-0.1, -0.05) is 18.5 Å². The Bertz CT molecular complexity index is 354. The maximum Gasteiger partial charge on any atom is 0.222 e. The molecular formula is C11H17ClN2OS. The third-order valence-electron chi connectivity index (χ3n) is 2.37. The normalized spacial score (nSPS) is 12.5. The summed E-state index contributed by atoms with van der Waals surface area (Å²) in [5.74, 6) is 0.365. The van der Waals surface area contributed by atoms with E-state index in [1.807, 2.05) is 19.1 Å². The van der Waals surface area contributed by atoms with E-state index in [0.29, 0.717) is 19.5 Å². The van der Waals surface area contributed by atoms with Crippen LogP contribution in [0, 0.1) is 5.92 Å². The zero-order chi connectivity index (χ0) is 12.1. The van der Waals surface area contributed by atoms with Gasteiger partial charge in [-0.3, -0.25) is 4.79 Å². The predicted molar refractivity (Wildman–Crippen MR) is 68.6 cm³/mol. The molecular weight excluding hydrogens is 244 g/mol. The Balaban J connectivity index is 2.45. The number of amides is 1. The molecule has 1 atom stereocenters. The standard InChI is InChI=1S/C11H17ClN2OS/c1-8(6-13)5-11(15)14(2)7-9-3-4-10(12)16-9/h3-4,8H,5-7,13H2,1-2H3. The fourth-order valence-electron chi connectivity index (χ4n) is 1.30. The second-order valence-corrected chi connectivity index (χ2v) is 5.80. The number of halogens is 1. The summed E-state index contributed by atoms with van der Waals surface area (Å²) in [6.07, 6.45) is 0.506. The maximum atomic E-state index is 11.8. The van der Waals surface area contributed by atoms with Crippen LogP contribution in [0.5, 0.6) is 0 Å². The minimum atomic E-state index is 0.127. The molecule has 1 heterocycles. The molecule has 1 amide bonds. The highest BCUT2D eigenvalue weighted by Gasteiger charge is 2.13. The zero-order valence-corrected chi connectivity index (χ0v) is 11.1. The third kappa shape index (κ3) is 4.12. The highest BCUT2D eigenvalue weighted by Crippen LogP contribution is 2.22. The molecule has 1 unspecified atom stereocenters. The van der Waals surface area contributed by atoms with Gasteiger partial charge >= 0.3 is 0 Å². The summed E-state index contributed by atoms with van der Waals surface area (Å²) in [5, 5.41) is 0. The van der Waals surface area contributed by atoms with Crippen molar-refractivity contribution in [3.8, 4) is 0 Å². The van der Waals surface area contributed by atoms with E-state index in [-0.39, 0.29) is 11.8 Å². The second-order valence-electron chi connectivity index (χ2n) is 4.00. The van der Waals surface area contributed by atoms with E-state index in [0.717, 1.165) is 9.21 Å². The summed E-state index contributed by atoms with van der Waals surface area (Å²) in [6, 6.07) is 3.80. The Hall–Kier alpha value is -0.580. The molecule has 0 radical (unpaired) electrons. The topological polar surface area (TPSA) is 46.3 Å². The lowest BCUT2D eigenvalue weighted by Gasteiger charge is -2.18. The number of nitrogens with two attached hydrogens (primary N) is 1. The number of nitrogens with zero attached hydrogens (tertiary/aromatic N) is 1. The second kappa shape index (κ2) is 6.23. The molecule has 0 fully saturated rings. The van der Waals surface area contributed by atoms with Crippen LogP contribution in [0.2, 0.25) is 4.34 Å². The number of hydrogen-bond acceptors (Lipinski definition) is 3. The Morgan fingerprint density at radius 1 is 1.62 bits per heavy atom. The molecule has 1 aromatic rings. The molecule has 5 heteroatoms. The molecule has 2 N–H and O–H groups in total. The smallest absolute Gasteiger partial charge is 0.222 e. The van der Waals surface area contributed by atoms with Gasteiger partial charge in [0.15, 0.2) is 0 Å². The van der Waals surface area contributed by atoms with E-state index < -0.39 is 0 Å². The SMILES string of the molecule is CC(CN)CC(=O)N(C)Cc1ccc(Cl)s1. The molecule has 0 saturated carbocycles. The van der Waals surface area contributed by atoms with Gasteiger partial charge in [0, 0.05) is 18.3 Å². The average Bonchev–Trinajstić information content (AvgIpc) is 2.63. The molecule has 3 nitrogen and oxygen atoms in total. The number of carbonyl (C=O) groups is 1. The van der Waals surface area contributed by atoms with Crippen molar-refractivity contribution in [3.63, 3.8) is 0 Å². The van der Waals surface area contributed by atoms with Gasteiger partial charge in [0.05, 0.1) is 10.9 Å². The minimum absolute atomic E-state index is 0.127. The van der Waals surface area contributed by atoms with Crippen LogP contribution < -0.4 is 5.73 Å². The van der Waals surface area contributed by atoms with E-state index >= 15 is 0 Å². The van der Waals surface area contributed by atoms with Crippen LogP contribution in [0.4, 0.5) is 0 Å². The summed E-state index contributed by atoms with van der Waals surface area (Å²) >= 11 is 7.33. The summed E-state index contributed by atoms with van der Waals surface area (Å²) < 4.78 is 0.756. The van der Waals surface area contributed by atoms with Crippen molar-refractivity contribution in [1.29, 1.82) is 0 Å². The predicted octanol–water partition coefficient (Wildman–Crippen LogP) is 2.34. The first-order chi connectivity index (χ1) is 7.52. The fourth-order valence-corrected chi connectivity index (χ4v) is 2.44. The Labute approximate surface area is 105 Å². The first kappa shape index (κ1) is 13.5. The van der Waals surface area contributed by atoms with Gasteiger partial charge in [-0.15, -0.1) is 11.3 Å². The molecule has 16 heavy (non-hydrogen) atoms. The molecule has 0 aromatic carbocycles. The first-order valence-corrected chi connectivity index (χ1v) is 6.40. The van der Waals surface area contributed by atoms with E-state index in [2.05, 4.69) is 0 Å². The largest absolute Gasteiger partial charge is 0.341 e. The average molecular weight is 261 g/mol. The van der Waals surface area contributed by atoms with E-state index in [1.165, 1.54) is 11.3 Å². The van der Waals surface area contributed by atoms with Gasteiger partial charge in [0.1, 0.15) is 0 Å². The van der Waals surface area contributed by atoms with E-state index in [9.17, 15) is 4.79 Å². The zero-order valence-electron chi connectivity index (χ0n) is 9.57. The van der Waals surface area contributed by atoms with Crippen molar-refractivity contribution < 1.29 is 4.79 Å². The third-order valence-corrected chi connectivity index (χ3v) is 3.59. The van der Waals surface area contributed by atoms with Crippen LogP contribution in [-0.4, -0.2) is 24.4 Å². The number of thiophene rings is 1. The molecule has 0 spiro atoms. The first-order valence-electron chi connectivity index (χ1n) is 5.21. The highest BCUT2D eigenvalue weighted by molar-refractivity contribution is 7.16. The van der Waals surface area contributed by atoms with Crippen molar-refractivity contribution >= 4 is 28.8 Å². The van der Waals surface area contributed by atoms with Crippen LogP contribution in [-0.2, 0) is 11.3 Å². The van der Waals surface area contributed by atoms with Gasteiger partial charge < -0.3 is 10.6 Å². The van der Waals surface area contributed by atoms with Crippen molar-refractivity contribution in [2.75, 3.05) is 13.6 Å². The van der Waals surface area contributed by atoms with Crippen LogP contribution in [0.3, 0.4) is 0 Å². The molecule has 0 saturated heterocycles. The molecule has 0 aliphatic rings. The van der Waals surface area contributed by atoms with Crippen LogP contribution in [0.1, 0.15) is 18.2 Å². The Kier molecular flexibility index (Phi) is 5.25. The van der Waals surface area contributed by atoms with Crippen molar-refractivity contribution in [2.24, 2.45) is 11.7 Å². The monoisotopic (exact) mass is 260 g/mol. The van der Waals surface area contributed by atoms with Gasteiger partial charge in [-0.2, -0.15) is 0 Å². The number of hydrogen-bond donors (Lipinski definition) is 1. The van der Waals surface area contributed by atoms with Crippen molar-refractivity contribution in [1.82, 2.24) is 4.90 Å². The summed E-state index contributed by atoms with van der Waals surface area (Å²) in [5.41, 5.74) is 5.49. The fraction of sp³-hybridized carbons (Fsp3) is 0.545. The van der Waals surface area contributed by atoms with Crippen molar-refractivity contribution in [3.05, 3.63) is 21.3 Å². The lowest BCUT2D eigenvalue weighted by Crippen LogP contribution is -2.28. The lowest BCUT2D eigenvalue weighted by atomic mass is 10.1. The van der Waals surface area contributed by atoms with Crippen molar-refractivity contribution in [2.45, 2.75) is 19.9 Å². The van der Waals surface area contributed by atoms with Gasteiger partial charge in [-0.05, 0) is 24.6 Å². The summed E-state index contributed by atoms with van der Waals surface area (Å²) in [4.78, 5) is 14.6. The quantitative estimate of drug-likeness (QED) is 0.883. The highest BCUT2D eigenvalue weighted by atomic mass is 35.5. The summed E-state index contributed by atoms with van der Waals surface area (Å²) in [7, 11) is 1.80. The molecule has 1 rings (SSSR count). The van der Waals surface area contributed by atoms with Crippen LogP contribution >= 0.6 is 22.9 Å². The van der Waals surface area contributed by atoms with Gasteiger partial charge in [0.2, 0.25) is 5.91 Å². The van der Waals surface area contributed by atoms with Crippen LogP contribution in [0.15, 0.2) is 12.1 Å². The molecule has 0 bridgehead atoms. The maximum absolute atomic E-state index is 11.8. The van der Waals surface area contributed by atoms with Gasteiger partial charge in [0.25, 0.3) is 0 Å². The molecule has 0 aliphatic heterocycles. The minimum Gasteiger partial charge on any atom is -0.341 e. The number of rotatable bonds is 5. The lowest BCUT2D eigenvalue weighted by molar-refractivity contribution is -0.131. The number of carbonyl (C=O) groups excluding carboxylic acids is 1. The summed E-state index contributed by atoms with van der Waals surface area (Å²) in [6.45, 7) is 3.14. The van der Waals surface area contributed by atoms with Crippen LogP contribution in [0.25, 0.3) is 0 Å². The van der Waals surface area contributed by atoms with E-state index in [4.69, 9.17) is 17.3 Å². The molecule has 1 aromatic heterocycles.